The predicted octanol–water partition coefficient (Wildman–Crippen LogP) is 2.81. The van der Waals surface area contributed by atoms with Gasteiger partial charge in [-0.15, -0.1) is 10.2 Å². The van der Waals surface area contributed by atoms with Crippen LogP contribution in [0.25, 0.3) is 11.5 Å². The van der Waals surface area contributed by atoms with Gasteiger partial charge in [0.05, 0.1) is 0 Å². The quantitative estimate of drug-likeness (QED) is 0.767. The molecule has 1 aromatic heterocycles. The van der Waals surface area contributed by atoms with E-state index in [-0.39, 0.29) is 0 Å². The topological polar surface area (TPSA) is 38.9 Å². The predicted molar refractivity (Wildman–Crippen MR) is 52.2 cm³/mol. The van der Waals surface area contributed by atoms with E-state index in [4.69, 9.17) is 4.42 Å². The van der Waals surface area contributed by atoms with E-state index in [1.165, 1.54) is 6.39 Å². The third kappa shape index (κ3) is 1.78. The second kappa shape index (κ2) is 3.30. The smallest absolute Gasteiger partial charge is 0.247 e. The number of hydrogen-bond donors (Lipinski definition) is 0. The van der Waals surface area contributed by atoms with Gasteiger partial charge in [0.15, 0.2) is 0 Å². The van der Waals surface area contributed by atoms with Crippen LogP contribution in [0.3, 0.4) is 0 Å². The van der Waals surface area contributed by atoms with Gasteiger partial charge in [0.1, 0.15) is 0 Å². The zero-order chi connectivity index (χ0) is 9.26. The molecule has 0 radical (unpaired) electrons. The monoisotopic (exact) mass is 238 g/mol. The Hall–Kier alpha value is -1.16. The lowest BCUT2D eigenvalue weighted by atomic mass is 10.1. The molecule has 13 heavy (non-hydrogen) atoms. The van der Waals surface area contributed by atoms with Crippen molar-refractivity contribution in [1.29, 1.82) is 0 Å². The van der Waals surface area contributed by atoms with Gasteiger partial charge in [0, 0.05) is 10.0 Å². The van der Waals surface area contributed by atoms with Crippen molar-refractivity contribution in [1.82, 2.24) is 10.2 Å². The average molecular weight is 239 g/mol. The maximum atomic E-state index is 5.09. The molecule has 0 amide bonds. The van der Waals surface area contributed by atoms with Crippen molar-refractivity contribution in [2.24, 2.45) is 0 Å². The zero-order valence-electron chi connectivity index (χ0n) is 6.99. The van der Waals surface area contributed by atoms with Crippen molar-refractivity contribution < 1.29 is 4.42 Å². The first-order chi connectivity index (χ1) is 6.25. The molecular weight excluding hydrogens is 232 g/mol. The molecule has 0 unspecified atom stereocenters. The van der Waals surface area contributed by atoms with Gasteiger partial charge in [-0.05, 0) is 30.7 Å². The minimum Gasteiger partial charge on any atom is -0.423 e. The normalized spacial score (nSPS) is 10.3. The summed E-state index contributed by atoms with van der Waals surface area (Å²) in [4.78, 5) is 0. The Labute approximate surface area is 83.9 Å². The average Bonchev–Trinajstić information content (AvgIpc) is 2.53. The molecule has 0 spiro atoms. The molecule has 0 saturated carbocycles. The van der Waals surface area contributed by atoms with Crippen molar-refractivity contribution in [2.45, 2.75) is 6.92 Å². The number of hydrogen-bond acceptors (Lipinski definition) is 3. The second-order valence-electron chi connectivity index (χ2n) is 2.76. The highest BCUT2D eigenvalue weighted by Crippen LogP contribution is 2.22. The number of nitrogens with zero attached hydrogens (tertiary/aromatic N) is 2. The molecule has 0 aliphatic heterocycles. The Morgan fingerprint density at radius 1 is 1.31 bits per heavy atom. The van der Waals surface area contributed by atoms with E-state index in [9.17, 15) is 0 Å². The Morgan fingerprint density at radius 2 is 2.15 bits per heavy atom. The fourth-order valence-electron chi connectivity index (χ4n) is 1.16. The van der Waals surface area contributed by atoms with Gasteiger partial charge in [-0.1, -0.05) is 15.9 Å². The number of benzene rings is 1. The molecule has 2 rings (SSSR count). The summed E-state index contributed by atoms with van der Waals surface area (Å²) in [5.74, 6) is 0.546. The first kappa shape index (κ1) is 8.44. The van der Waals surface area contributed by atoms with E-state index in [2.05, 4.69) is 26.1 Å². The Balaban J connectivity index is 2.53. The highest BCUT2D eigenvalue weighted by atomic mass is 79.9. The van der Waals surface area contributed by atoms with E-state index in [0.717, 1.165) is 15.6 Å². The number of rotatable bonds is 1. The third-order valence-corrected chi connectivity index (χ3v) is 2.11. The SMILES string of the molecule is Cc1cc(Br)cc(-c2nnco2)c1. The lowest BCUT2D eigenvalue weighted by Gasteiger charge is -1.98. The van der Waals surface area contributed by atoms with Gasteiger partial charge in [-0.25, -0.2) is 0 Å². The standard InChI is InChI=1S/C9H7BrN2O/c1-6-2-7(4-8(10)3-6)9-12-11-5-13-9/h2-5H,1H3. The van der Waals surface area contributed by atoms with Gasteiger partial charge in [0.25, 0.3) is 0 Å². The summed E-state index contributed by atoms with van der Waals surface area (Å²) >= 11 is 3.41. The Bertz CT molecular complexity index is 391. The van der Waals surface area contributed by atoms with Gasteiger partial charge < -0.3 is 4.42 Å². The molecule has 2 aromatic rings. The third-order valence-electron chi connectivity index (χ3n) is 1.65. The zero-order valence-corrected chi connectivity index (χ0v) is 8.58. The number of aromatic nitrogens is 2. The molecule has 3 nitrogen and oxygen atoms in total. The molecule has 0 aliphatic rings. The summed E-state index contributed by atoms with van der Waals surface area (Å²) in [5, 5.41) is 7.46. The maximum Gasteiger partial charge on any atom is 0.247 e. The van der Waals surface area contributed by atoms with Crippen LogP contribution in [0.2, 0.25) is 0 Å². The van der Waals surface area contributed by atoms with E-state index in [1.807, 2.05) is 25.1 Å². The first-order valence-electron chi connectivity index (χ1n) is 3.79. The van der Waals surface area contributed by atoms with Crippen LogP contribution in [0.4, 0.5) is 0 Å². The molecule has 0 atom stereocenters. The number of halogens is 1. The van der Waals surface area contributed by atoms with Crippen LogP contribution in [-0.2, 0) is 0 Å². The van der Waals surface area contributed by atoms with Crippen LogP contribution < -0.4 is 0 Å². The molecular formula is C9H7BrN2O. The van der Waals surface area contributed by atoms with Crippen molar-refractivity contribution in [2.75, 3.05) is 0 Å². The van der Waals surface area contributed by atoms with Gasteiger partial charge in [-0.2, -0.15) is 0 Å². The van der Waals surface area contributed by atoms with Crippen molar-refractivity contribution in [3.8, 4) is 11.5 Å². The summed E-state index contributed by atoms with van der Waals surface area (Å²) in [7, 11) is 0. The van der Waals surface area contributed by atoms with Crippen LogP contribution in [-0.4, -0.2) is 10.2 Å². The molecule has 0 aliphatic carbocycles. The Morgan fingerprint density at radius 3 is 2.77 bits per heavy atom. The Kier molecular flexibility index (Phi) is 2.14. The molecule has 1 aromatic carbocycles. The number of aryl methyl sites for hydroxylation is 1. The first-order valence-corrected chi connectivity index (χ1v) is 4.59. The van der Waals surface area contributed by atoms with Gasteiger partial charge in [0.2, 0.25) is 12.3 Å². The van der Waals surface area contributed by atoms with Crippen LogP contribution >= 0.6 is 15.9 Å². The van der Waals surface area contributed by atoms with Crippen LogP contribution in [0.1, 0.15) is 5.56 Å². The van der Waals surface area contributed by atoms with Crippen LogP contribution in [0.15, 0.2) is 33.5 Å². The second-order valence-corrected chi connectivity index (χ2v) is 3.68. The molecule has 0 N–H and O–H groups in total. The summed E-state index contributed by atoms with van der Waals surface area (Å²) in [6.07, 6.45) is 1.32. The maximum absolute atomic E-state index is 5.09. The molecule has 66 valence electrons. The summed E-state index contributed by atoms with van der Waals surface area (Å²) < 4.78 is 6.10. The van der Waals surface area contributed by atoms with E-state index >= 15 is 0 Å². The molecule has 0 saturated heterocycles. The largest absolute Gasteiger partial charge is 0.423 e. The molecule has 0 fully saturated rings. The minimum absolute atomic E-state index is 0.546. The van der Waals surface area contributed by atoms with Crippen molar-refractivity contribution in [3.63, 3.8) is 0 Å². The summed E-state index contributed by atoms with van der Waals surface area (Å²) in [6, 6.07) is 5.97. The lowest BCUT2D eigenvalue weighted by molar-refractivity contribution is 0.568. The minimum atomic E-state index is 0.546. The molecule has 0 bridgehead atoms. The molecule has 4 heteroatoms. The summed E-state index contributed by atoms with van der Waals surface area (Å²) in [6.45, 7) is 2.02. The fraction of sp³-hybridized carbons (Fsp3) is 0.111. The summed E-state index contributed by atoms with van der Waals surface area (Å²) in [5.41, 5.74) is 2.09. The van der Waals surface area contributed by atoms with E-state index in [0.29, 0.717) is 5.89 Å². The lowest BCUT2D eigenvalue weighted by Crippen LogP contribution is -1.80. The van der Waals surface area contributed by atoms with Gasteiger partial charge in [-0.3, -0.25) is 0 Å². The van der Waals surface area contributed by atoms with Crippen molar-refractivity contribution in [3.05, 3.63) is 34.6 Å². The highest BCUT2D eigenvalue weighted by molar-refractivity contribution is 9.10. The van der Waals surface area contributed by atoms with E-state index in [1.54, 1.807) is 0 Å². The van der Waals surface area contributed by atoms with Crippen LogP contribution in [0.5, 0.6) is 0 Å². The van der Waals surface area contributed by atoms with E-state index < -0.39 is 0 Å². The van der Waals surface area contributed by atoms with Crippen molar-refractivity contribution >= 4 is 15.9 Å². The van der Waals surface area contributed by atoms with Gasteiger partial charge >= 0.3 is 0 Å². The highest BCUT2D eigenvalue weighted by Gasteiger charge is 2.04. The molecule has 1 heterocycles. The van der Waals surface area contributed by atoms with Crippen LogP contribution in [0, 0.1) is 6.92 Å². The fourth-order valence-corrected chi connectivity index (χ4v) is 1.77.